The molecule has 4 atom stereocenters. The first-order valence-corrected chi connectivity index (χ1v) is 16.7. The Labute approximate surface area is 264 Å². The van der Waals surface area contributed by atoms with Crippen molar-refractivity contribution in [2.45, 2.75) is 141 Å². The second-order valence-corrected chi connectivity index (χ2v) is 12.1. The van der Waals surface area contributed by atoms with Gasteiger partial charge >= 0.3 is 11.9 Å². The zero-order valence-electron chi connectivity index (χ0n) is 27.4. The van der Waals surface area contributed by atoms with Gasteiger partial charge in [0.2, 0.25) is 0 Å². The van der Waals surface area contributed by atoms with Gasteiger partial charge in [-0.3, -0.25) is 4.79 Å². The van der Waals surface area contributed by atoms with Gasteiger partial charge in [-0.2, -0.15) is 0 Å². The predicted octanol–water partition coefficient (Wildman–Crippen LogP) is 4.61. The van der Waals surface area contributed by atoms with Crippen LogP contribution in [0.2, 0.25) is 0 Å². The third-order valence-corrected chi connectivity index (χ3v) is 8.10. The van der Waals surface area contributed by atoms with Crippen LogP contribution >= 0.6 is 0 Å². The number of hydrogen-bond acceptors (Lipinski definition) is 9. The van der Waals surface area contributed by atoms with Crippen molar-refractivity contribution in [3.8, 4) is 0 Å². The molecule has 0 fully saturated rings. The monoisotopic (exact) mass is 624 g/mol. The summed E-state index contributed by atoms with van der Waals surface area (Å²) in [5, 5.41) is 51.0. The van der Waals surface area contributed by atoms with E-state index in [2.05, 4.69) is 12.2 Å². The van der Waals surface area contributed by atoms with Gasteiger partial charge in [0.15, 0.2) is 0 Å². The Hall–Kier alpha value is -2.24. The van der Waals surface area contributed by atoms with E-state index in [0.717, 1.165) is 19.3 Å². The number of esters is 1. The van der Waals surface area contributed by atoms with E-state index in [1.807, 2.05) is 0 Å². The normalized spacial score (nSPS) is 14.1. The number of aliphatic hydroxyl groups is 5. The summed E-state index contributed by atoms with van der Waals surface area (Å²) in [4.78, 5) is 26.1. The zero-order chi connectivity index (χ0) is 32.7. The van der Waals surface area contributed by atoms with Crippen LogP contribution in [0.15, 0.2) is 18.2 Å². The van der Waals surface area contributed by atoms with Crippen LogP contribution in [-0.4, -0.2) is 88.6 Å². The van der Waals surface area contributed by atoms with E-state index in [4.69, 9.17) is 9.84 Å². The lowest BCUT2D eigenvalue weighted by Gasteiger charge is -2.29. The van der Waals surface area contributed by atoms with Crippen LogP contribution in [0.4, 0.5) is 11.4 Å². The smallest absolute Gasteiger partial charge is 0.397 e. The van der Waals surface area contributed by atoms with E-state index < -0.39 is 42.9 Å². The Morgan fingerprint density at radius 1 is 0.773 bits per heavy atom. The molecule has 6 N–H and O–H groups in total. The van der Waals surface area contributed by atoms with E-state index >= 15 is 0 Å². The summed E-state index contributed by atoms with van der Waals surface area (Å²) in [6.07, 6.45) is 13.8. The lowest BCUT2D eigenvalue weighted by Crippen LogP contribution is -2.49. The maximum atomic E-state index is 12.3. The minimum Gasteiger partial charge on any atom is -0.459 e. The predicted molar refractivity (Wildman–Crippen MR) is 175 cm³/mol. The molecule has 0 radical (unpaired) electrons. The van der Waals surface area contributed by atoms with Gasteiger partial charge in [-0.25, -0.2) is 4.79 Å². The topological polar surface area (TPSA) is 160 Å². The summed E-state index contributed by atoms with van der Waals surface area (Å²) in [7, 11) is 1.66. The van der Waals surface area contributed by atoms with E-state index in [9.17, 15) is 30.0 Å². The average molecular weight is 625 g/mol. The van der Waals surface area contributed by atoms with Gasteiger partial charge < -0.3 is 40.5 Å². The summed E-state index contributed by atoms with van der Waals surface area (Å²) in [6, 6.07) is 5.02. The van der Waals surface area contributed by atoms with Crippen molar-refractivity contribution >= 4 is 23.3 Å². The van der Waals surface area contributed by atoms with Crippen LogP contribution in [0.25, 0.3) is 0 Å². The molecule has 0 aliphatic rings. The third kappa shape index (κ3) is 16.7. The molecule has 254 valence electrons. The minimum atomic E-state index is -1.70. The average Bonchev–Trinajstić information content (AvgIpc) is 3.01. The maximum Gasteiger partial charge on any atom is 0.397 e. The van der Waals surface area contributed by atoms with Crippen molar-refractivity contribution in [2.24, 2.45) is 0 Å². The first kappa shape index (κ1) is 39.8. The lowest BCUT2D eigenvalue weighted by molar-refractivity contribution is -0.152. The van der Waals surface area contributed by atoms with Gasteiger partial charge in [-0.05, 0) is 37.1 Å². The highest BCUT2D eigenvalue weighted by molar-refractivity contribution is 6.37. The summed E-state index contributed by atoms with van der Waals surface area (Å²) < 4.78 is 5.14. The van der Waals surface area contributed by atoms with Gasteiger partial charge in [0.25, 0.3) is 0 Å². The number of unbranched alkanes of at least 4 members (excludes halogenated alkanes) is 15. The van der Waals surface area contributed by atoms with Gasteiger partial charge in [-0.1, -0.05) is 103 Å². The van der Waals surface area contributed by atoms with Crippen molar-refractivity contribution in [3.63, 3.8) is 0 Å². The molecule has 0 aliphatic carbocycles. The van der Waals surface area contributed by atoms with E-state index in [1.54, 1.807) is 37.1 Å². The fourth-order valence-electron chi connectivity index (χ4n) is 5.14. The van der Waals surface area contributed by atoms with Crippen LogP contribution in [0.3, 0.4) is 0 Å². The van der Waals surface area contributed by atoms with Crippen LogP contribution in [0.5, 0.6) is 0 Å². The number of ether oxygens (including phenoxy) is 1. The molecule has 10 nitrogen and oxygen atoms in total. The number of rotatable bonds is 25. The molecule has 0 saturated heterocycles. The molecular formula is C34H60N2O8. The molecule has 0 bridgehead atoms. The molecule has 0 saturated carbocycles. The van der Waals surface area contributed by atoms with E-state index in [-0.39, 0.29) is 13.2 Å². The molecule has 4 unspecified atom stereocenters. The van der Waals surface area contributed by atoms with Gasteiger partial charge in [0, 0.05) is 25.0 Å². The van der Waals surface area contributed by atoms with Crippen molar-refractivity contribution in [3.05, 3.63) is 23.8 Å². The van der Waals surface area contributed by atoms with Crippen molar-refractivity contribution in [1.82, 2.24) is 0 Å². The number of aryl methyl sites for hydroxylation is 1. The van der Waals surface area contributed by atoms with Gasteiger partial charge in [0.05, 0.1) is 19.3 Å². The molecular weight excluding hydrogens is 564 g/mol. The molecule has 0 aliphatic heterocycles. The summed E-state index contributed by atoms with van der Waals surface area (Å²) in [5.74, 6) is -1.77. The van der Waals surface area contributed by atoms with Crippen molar-refractivity contribution in [2.75, 3.05) is 37.0 Å². The standard InChI is InChI=1S/C34H60N2O8/c1-4-5-6-7-8-9-10-11-12-13-14-15-16-17-18-19-22-44-34(43)33(42)35-28-21-20-27(23-26(28)2)36(3)24-29(38)31(40)32(41)30(39)25-37/h20-21,23,29-32,37-41H,4-19,22,24-25H2,1-3H3,(H,35,42). The minimum absolute atomic E-state index is 0.0762. The maximum absolute atomic E-state index is 12.3. The molecule has 0 aromatic heterocycles. The number of likely N-dealkylation sites (N-methyl/N-ethyl adjacent to an activating group) is 1. The summed E-state index contributed by atoms with van der Waals surface area (Å²) >= 11 is 0. The highest BCUT2D eigenvalue weighted by Crippen LogP contribution is 2.23. The zero-order valence-corrected chi connectivity index (χ0v) is 27.4. The number of carbonyl (C=O) groups is 2. The molecule has 1 aromatic carbocycles. The number of nitrogens with zero attached hydrogens (tertiary/aromatic N) is 1. The largest absolute Gasteiger partial charge is 0.459 e. The van der Waals surface area contributed by atoms with Crippen LogP contribution in [0, 0.1) is 6.92 Å². The second kappa shape index (κ2) is 24.1. The number of benzene rings is 1. The highest BCUT2D eigenvalue weighted by atomic mass is 16.5. The van der Waals surface area contributed by atoms with E-state index in [1.165, 1.54) is 83.5 Å². The third-order valence-electron chi connectivity index (χ3n) is 8.10. The number of carbonyl (C=O) groups excluding carboxylic acids is 2. The molecule has 1 amide bonds. The van der Waals surface area contributed by atoms with E-state index in [0.29, 0.717) is 16.9 Å². The Morgan fingerprint density at radius 3 is 1.73 bits per heavy atom. The second-order valence-electron chi connectivity index (χ2n) is 12.1. The Morgan fingerprint density at radius 2 is 1.25 bits per heavy atom. The molecule has 1 aromatic rings. The molecule has 10 heteroatoms. The molecule has 44 heavy (non-hydrogen) atoms. The number of aliphatic hydroxyl groups excluding tert-OH is 5. The molecule has 0 heterocycles. The Kier molecular flexibility index (Phi) is 21.7. The first-order chi connectivity index (χ1) is 21.1. The summed E-state index contributed by atoms with van der Waals surface area (Å²) in [6.45, 7) is 3.40. The van der Waals surface area contributed by atoms with Crippen molar-refractivity contribution in [1.29, 1.82) is 0 Å². The van der Waals surface area contributed by atoms with Gasteiger partial charge in [-0.15, -0.1) is 0 Å². The highest BCUT2D eigenvalue weighted by Gasteiger charge is 2.30. The summed E-state index contributed by atoms with van der Waals surface area (Å²) in [5.41, 5.74) is 1.75. The SMILES string of the molecule is CCCCCCCCCCCCCCCCCCOC(=O)C(=O)Nc1ccc(N(C)CC(O)C(O)C(O)C(O)CO)cc1C. The molecule has 0 spiro atoms. The van der Waals surface area contributed by atoms with Gasteiger partial charge in [0.1, 0.15) is 18.3 Å². The van der Waals surface area contributed by atoms with Crippen LogP contribution in [-0.2, 0) is 14.3 Å². The Balaban J connectivity index is 2.20. The van der Waals surface area contributed by atoms with Crippen LogP contribution < -0.4 is 10.2 Å². The number of hydrogen-bond donors (Lipinski definition) is 6. The van der Waals surface area contributed by atoms with Crippen molar-refractivity contribution < 1.29 is 39.9 Å². The Bertz CT molecular complexity index is 915. The number of amides is 1. The first-order valence-electron chi connectivity index (χ1n) is 16.7. The lowest BCUT2D eigenvalue weighted by atomic mass is 10.0. The number of anilines is 2. The number of nitrogens with one attached hydrogen (secondary N) is 1. The van der Waals surface area contributed by atoms with Crippen LogP contribution in [0.1, 0.15) is 115 Å². The molecule has 1 rings (SSSR count). The fraction of sp³-hybridized carbons (Fsp3) is 0.765. The quantitative estimate of drug-likeness (QED) is 0.0519. The fourth-order valence-corrected chi connectivity index (χ4v) is 5.14.